The second kappa shape index (κ2) is 10.0. The van der Waals surface area contributed by atoms with E-state index in [1.807, 2.05) is 40.1 Å². The normalized spacial score (nSPS) is 15.8. The molecule has 0 saturated carbocycles. The Balaban J connectivity index is 1.36. The van der Waals surface area contributed by atoms with Gasteiger partial charge in [0.2, 0.25) is 0 Å². The summed E-state index contributed by atoms with van der Waals surface area (Å²) in [6, 6.07) is 16.0. The Kier molecular flexibility index (Phi) is 6.66. The largest absolute Gasteiger partial charge is 0.338 e. The molecule has 0 N–H and O–H groups in total. The predicted molar refractivity (Wildman–Crippen MR) is 132 cm³/mol. The van der Waals surface area contributed by atoms with E-state index in [2.05, 4.69) is 12.0 Å². The number of fused-ring (bicyclic) bond motifs is 1. The van der Waals surface area contributed by atoms with Crippen molar-refractivity contribution in [2.45, 2.75) is 51.5 Å². The lowest BCUT2D eigenvalue weighted by Crippen LogP contribution is -2.49. The van der Waals surface area contributed by atoms with E-state index in [9.17, 15) is 14.0 Å². The molecule has 1 aliphatic heterocycles. The van der Waals surface area contributed by atoms with Crippen molar-refractivity contribution in [3.8, 4) is 5.69 Å². The summed E-state index contributed by atoms with van der Waals surface area (Å²) in [4.78, 5) is 30.5. The molecule has 0 bridgehead atoms. The van der Waals surface area contributed by atoms with E-state index in [1.54, 1.807) is 22.9 Å². The van der Waals surface area contributed by atoms with E-state index >= 15 is 0 Å². The lowest BCUT2D eigenvalue weighted by Gasteiger charge is -2.38. The summed E-state index contributed by atoms with van der Waals surface area (Å²) in [6.45, 7) is 3.94. The third-order valence-electron chi connectivity index (χ3n) is 7.15. The number of benzene rings is 2. The van der Waals surface area contributed by atoms with Gasteiger partial charge in [-0.2, -0.15) is 5.10 Å². The molecule has 0 radical (unpaired) electrons. The van der Waals surface area contributed by atoms with Crippen molar-refractivity contribution in [2.24, 2.45) is 0 Å². The molecule has 0 atom stereocenters. The first kappa shape index (κ1) is 23.3. The first-order valence-electron chi connectivity index (χ1n) is 12.6. The molecule has 2 aromatic carbocycles. The number of piperidine rings is 1. The van der Waals surface area contributed by atoms with Crippen molar-refractivity contribution >= 4 is 11.8 Å². The van der Waals surface area contributed by atoms with E-state index in [1.165, 1.54) is 6.07 Å². The van der Waals surface area contributed by atoms with Gasteiger partial charge in [-0.25, -0.2) is 9.07 Å². The van der Waals surface area contributed by atoms with Gasteiger partial charge in [-0.1, -0.05) is 37.3 Å². The van der Waals surface area contributed by atoms with Crippen molar-refractivity contribution in [1.82, 2.24) is 19.6 Å². The van der Waals surface area contributed by atoms with Gasteiger partial charge in [-0.15, -0.1) is 0 Å². The molecule has 182 valence electrons. The molecule has 7 heteroatoms. The molecule has 1 aliphatic carbocycles. The van der Waals surface area contributed by atoms with Crippen LogP contribution in [0.25, 0.3) is 5.69 Å². The molecule has 35 heavy (non-hydrogen) atoms. The first-order valence-corrected chi connectivity index (χ1v) is 12.6. The molecule has 2 aliphatic rings. The van der Waals surface area contributed by atoms with Crippen LogP contribution < -0.4 is 0 Å². The summed E-state index contributed by atoms with van der Waals surface area (Å²) >= 11 is 0. The third-order valence-corrected chi connectivity index (χ3v) is 7.15. The van der Waals surface area contributed by atoms with Gasteiger partial charge in [-0.05, 0) is 62.8 Å². The number of nitrogens with zero attached hydrogens (tertiary/aromatic N) is 4. The maximum Gasteiger partial charge on any atom is 0.274 e. The minimum Gasteiger partial charge on any atom is -0.338 e. The zero-order chi connectivity index (χ0) is 24.4. The van der Waals surface area contributed by atoms with E-state index in [0.717, 1.165) is 49.8 Å². The number of halogens is 1. The number of carbonyl (C=O) groups excluding carboxylic acids is 2. The molecule has 0 unspecified atom stereocenters. The summed E-state index contributed by atoms with van der Waals surface area (Å²) < 4.78 is 16.2. The van der Waals surface area contributed by atoms with Crippen molar-refractivity contribution in [1.29, 1.82) is 0 Å². The van der Waals surface area contributed by atoms with Gasteiger partial charge >= 0.3 is 0 Å². The van der Waals surface area contributed by atoms with Crippen LogP contribution >= 0.6 is 0 Å². The monoisotopic (exact) mass is 474 g/mol. The highest BCUT2D eigenvalue weighted by molar-refractivity contribution is 5.95. The Morgan fingerprint density at radius 2 is 1.74 bits per heavy atom. The fraction of sp³-hybridized carbons (Fsp3) is 0.393. The van der Waals surface area contributed by atoms with E-state index in [-0.39, 0.29) is 23.7 Å². The quantitative estimate of drug-likeness (QED) is 0.522. The standard InChI is InChI=1S/C28H31FN4O2/c1-2-17-32(21-15-18-31(19-16-21)27(34)20-9-4-3-5-10-20)28(35)26-22-11-8-14-24(22)33(30-26)25-13-7-6-12-23(25)29/h3-7,9-10,12-13,21H,2,8,11,14-19H2,1H3. The van der Waals surface area contributed by atoms with Gasteiger partial charge in [0, 0.05) is 42.5 Å². The third kappa shape index (κ3) is 4.47. The molecule has 2 amide bonds. The Labute approximate surface area is 205 Å². The van der Waals surface area contributed by atoms with Gasteiger partial charge in [0.05, 0.1) is 0 Å². The minimum absolute atomic E-state index is 0.0406. The number of likely N-dealkylation sites (tertiary alicyclic amines) is 1. The van der Waals surface area contributed by atoms with Crippen LogP contribution in [0, 0.1) is 5.82 Å². The van der Waals surface area contributed by atoms with Crippen LogP contribution in [0.3, 0.4) is 0 Å². The molecule has 1 aromatic heterocycles. The highest BCUT2D eigenvalue weighted by Crippen LogP contribution is 2.30. The first-order chi connectivity index (χ1) is 17.1. The van der Waals surface area contributed by atoms with Crippen LogP contribution in [-0.4, -0.2) is 57.1 Å². The molecule has 0 spiro atoms. The highest BCUT2D eigenvalue weighted by Gasteiger charge is 2.34. The van der Waals surface area contributed by atoms with Gasteiger partial charge in [-0.3, -0.25) is 9.59 Å². The van der Waals surface area contributed by atoms with Crippen LogP contribution in [0.1, 0.15) is 64.7 Å². The van der Waals surface area contributed by atoms with Gasteiger partial charge < -0.3 is 9.80 Å². The molecule has 5 rings (SSSR count). The van der Waals surface area contributed by atoms with Crippen LogP contribution in [-0.2, 0) is 12.8 Å². The Bertz CT molecular complexity index is 1210. The average Bonchev–Trinajstić information content (AvgIpc) is 3.51. The minimum atomic E-state index is -0.343. The molecule has 3 aromatic rings. The zero-order valence-corrected chi connectivity index (χ0v) is 20.1. The number of hydrogen-bond acceptors (Lipinski definition) is 3. The fourth-order valence-electron chi connectivity index (χ4n) is 5.40. The summed E-state index contributed by atoms with van der Waals surface area (Å²) in [6.07, 6.45) is 4.83. The Morgan fingerprint density at radius 1 is 1.03 bits per heavy atom. The molecule has 1 fully saturated rings. The number of para-hydroxylation sites is 1. The second-order valence-corrected chi connectivity index (χ2v) is 9.38. The topological polar surface area (TPSA) is 58.4 Å². The van der Waals surface area contributed by atoms with Crippen molar-refractivity contribution in [3.05, 3.63) is 82.9 Å². The second-order valence-electron chi connectivity index (χ2n) is 9.38. The SMILES string of the molecule is CCCN(C(=O)c1nn(-c2ccccc2F)c2c1CCC2)C1CCN(C(=O)c2ccccc2)CC1. The van der Waals surface area contributed by atoms with E-state index in [0.29, 0.717) is 36.6 Å². The van der Waals surface area contributed by atoms with Gasteiger partial charge in [0.25, 0.3) is 11.8 Å². The van der Waals surface area contributed by atoms with Crippen molar-refractivity contribution < 1.29 is 14.0 Å². The Morgan fingerprint density at radius 3 is 2.46 bits per heavy atom. The highest BCUT2D eigenvalue weighted by atomic mass is 19.1. The lowest BCUT2D eigenvalue weighted by atomic mass is 10.0. The molecular formula is C28H31FN4O2. The van der Waals surface area contributed by atoms with Gasteiger partial charge in [0.1, 0.15) is 11.5 Å². The van der Waals surface area contributed by atoms with Crippen molar-refractivity contribution in [2.75, 3.05) is 19.6 Å². The molecule has 1 saturated heterocycles. The summed E-state index contributed by atoms with van der Waals surface area (Å²) in [5.41, 5.74) is 3.44. The molecule has 6 nitrogen and oxygen atoms in total. The van der Waals surface area contributed by atoms with Crippen LogP contribution in [0.15, 0.2) is 54.6 Å². The number of hydrogen-bond donors (Lipinski definition) is 0. The Hall–Kier alpha value is -3.48. The fourth-order valence-corrected chi connectivity index (χ4v) is 5.40. The zero-order valence-electron chi connectivity index (χ0n) is 20.1. The predicted octanol–water partition coefficient (Wildman–Crippen LogP) is 4.66. The van der Waals surface area contributed by atoms with Gasteiger partial charge in [0.15, 0.2) is 5.69 Å². The van der Waals surface area contributed by atoms with E-state index < -0.39 is 0 Å². The summed E-state index contributed by atoms with van der Waals surface area (Å²) in [7, 11) is 0. The van der Waals surface area contributed by atoms with E-state index in [4.69, 9.17) is 0 Å². The molecule has 2 heterocycles. The lowest BCUT2D eigenvalue weighted by molar-refractivity contribution is 0.0514. The van der Waals surface area contributed by atoms with Crippen LogP contribution in [0.4, 0.5) is 4.39 Å². The summed E-state index contributed by atoms with van der Waals surface area (Å²) in [5.74, 6) is -0.378. The van der Waals surface area contributed by atoms with Crippen LogP contribution in [0.5, 0.6) is 0 Å². The summed E-state index contributed by atoms with van der Waals surface area (Å²) in [5, 5.41) is 4.66. The smallest absolute Gasteiger partial charge is 0.274 e. The molecular weight excluding hydrogens is 443 g/mol. The van der Waals surface area contributed by atoms with Crippen LogP contribution in [0.2, 0.25) is 0 Å². The number of rotatable bonds is 6. The number of aromatic nitrogens is 2. The van der Waals surface area contributed by atoms with Crippen molar-refractivity contribution in [3.63, 3.8) is 0 Å². The maximum atomic E-state index is 14.6. The number of carbonyl (C=O) groups is 2. The number of amides is 2. The average molecular weight is 475 g/mol. The maximum absolute atomic E-state index is 14.6.